The number of carbonyl (C=O) groups excluding carboxylic acids is 1. The van der Waals surface area contributed by atoms with E-state index in [9.17, 15) is 13.2 Å². The van der Waals surface area contributed by atoms with E-state index in [4.69, 9.17) is 0 Å². The Morgan fingerprint density at radius 1 is 1.43 bits per heavy atom. The third-order valence-electron chi connectivity index (χ3n) is 4.01. The van der Waals surface area contributed by atoms with Crippen molar-refractivity contribution in [1.82, 2.24) is 14.7 Å². The molecule has 0 aromatic carbocycles. The fraction of sp³-hybridized carbons (Fsp3) is 0.714. The molecule has 0 atom stereocenters. The highest BCUT2D eigenvalue weighted by Gasteiger charge is 2.29. The van der Waals surface area contributed by atoms with Gasteiger partial charge in [0.15, 0.2) is 9.84 Å². The number of hydrogen-bond acceptors (Lipinski definition) is 4. The normalized spacial score (nSPS) is 16.3. The van der Waals surface area contributed by atoms with E-state index < -0.39 is 9.84 Å². The smallest absolute Gasteiger partial charge is 0.223 e. The quantitative estimate of drug-likeness (QED) is 0.789. The molecule has 1 amide bonds. The van der Waals surface area contributed by atoms with E-state index in [0.717, 1.165) is 31.2 Å². The van der Waals surface area contributed by atoms with E-state index in [2.05, 4.69) is 5.10 Å². The summed E-state index contributed by atoms with van der Waals surface area (Å²) in [6, 6.07) is 0. The van der Waals surface area contributed by atoms with E-state index in [1.54, 1.807) is 22.8 Å². The van der Waals surface area contributed by atoms with E-state index in [1.165, 1.54) is 0 Å². The van der Waals surface area contributed by atoms with Crippen molar-refractivity contribution in [2.24, 2.45) is 7.05 Å². The number of aromatic nitrogens is 2. The molecular formula is C14H23N3O3S. The Balaban J connectivity index is 1.83. The maximum atomic E-state index is 12.1. The molecule has 0 saturated heterocycles. The van der Waals surface area contributed by atoms with Crippen LogP contribution in [-0.2, 0) is 28.2 Å². The summed E-state index contributed by atoms with van der Waals surface area (Å²) in [6.45, 7) is 0.455. The summed E-state index contributed by atoms with van der Waals surface area (Å²) >= 11 is 0. The minimum atomic E-state index is -3.12. The number of carbonyl (C=O) groups is 1. The van der Waals surface area contributed by atoms with Crippen molar-refractivity contribution in [3.8, 4) is 0 Å². The fourth-order valence-corrected chi connectivity index (χ4v) is 4.59. The summed E-state index contributed by atoms with van der Waals surface area (Å²) in [5, 5.41) is 3.82. The second kappa shape index (κ2) is 6.60. The van der Waals surface area contributed by atoms with Gasteiger partial charge in [-0.3, -0.25) is 9.48 Å². The molecule has 1 fully saturated rings. The van der Waals surface area contributed by atoms with Gasteiger partial charge >= 0.3 is 0 Å². The number of rotatable bonds is 6. The predicted molar refractivity (Wildman–Crippen MR) is 80.3 cm³/mol. The Morgan fingerprint density at radius 2 is 2.10 bits per heavy atom. The molecule has 0 bridgehead atoms. The van der Waals surface area contributed by atoms with Gasteiger partial charge in [-0.25, -0.2) is 8.42 Å². The van der Waals surface area contributed by atoms with Gasteiger partial charge in [0.2, 0.25) is 5.91 Å². The monoisotopic (exact) mass is 313 g/mol. The van der Waals surface area contributed by atoms with Crippen LogP contribution < -0.4 is 0 Å². The number of amides is 1. The standard InChI is InChI=1S/C14H23N3O3S/c1-16(10-12-9-15-17(2)11-12)14(18)7-8-21(19,20)13-5-3-4-6-13/h9,11,13H,3-8,10H2,1-2H3. The average Bonchev–Trinajstić information content (AvgIpc) is 3.08. The summed E-state index contributed by atoms with van der Waals surface area (Å²) in [5.74, 6) is -0.172. The van der Waals surface area contributed by atoms with Gasteiger partial charge in [-0.15, -0.1) is 0 Å². The van der Waals surface area contributed by atoms with Crippen molar-refractivity contribution in [2.75, 3.05) is 12.8 Å². The van der Waals surface area contributed by atoms with Crippen molar-refractivity contribution in [3.63, 3.8) is 0 Å². The summed E-state index contributed by atoms with van der Waals surface area (Å²) in [6.07, 6.45) is 7.09. The Labute approximate surface area is 126 Å². The second-order valence-electron chi connectivity index (χ2n) is 5.80. The van der Waals surface area contributed by atoms with Gasteiger partial charge in [0.25, 0.3) is 0 Å². The molecule has 0 spiro atoms. The zero-order valence-electron chi connectivity index (χ0n) is 12.7. The van der Waals surface area contributed by atoms with Gasteiger partial charge in [0.05, 0.1) is 17.2 Å². The minimum absolute atomic E-state index is 0.0338. The van der Waals surface area contributed by atoms with Crippen LogP contribution in [0.5, 0.6) is 0 Å². The minimum Gasteiger partial charge on any atom is -0.341 e. The molecule has 6 nitrogen and oxygen atoms in total. The van der Waals surface area contributed by atoms with Crippen LogP contribution in [0.15, 0.2) is 12.4 Å². The van der Waals surface area contributed by atoms with E-state index in [1.807, 2.05) is 13.2 Å². The van der Waals surface area contributed by atoms with Crippen LogP contribution >= 0.6 is 0 Å². The maximum Gasteiger partial charge on any atom is 0.223 e. The van der Waals surface area contributed by atoms with E-state index in [0.29, 0.717) is 6.54 Å². The Kier molecular flexibility index (Phi) is 5.03. The van der Waals surface area contributed by atoms with Crippen molar-refractivity contribution in [3.05, 3.63) is 18.0 Å². The van der Waals surface area contributed by atoms with Crippen LogP contribution in [0, 0.1) is 0 Å². The van der Waals surface area contributed by atoms with Crippen LogP contribution in [0.1, 0.15) is 37.7 Å². The maximum absolute atomic E-state index is 12.1. The van der Waals surface area contributed by atoms with E-state index >= 15 is 0 Å². The predicted octanol–water partition coefficient (Wildman–Crippen LogP) is 1.13. The lowest BCUT2D eigenvalue weighted by molar-refractivity contribution is -0.130. The van der Waals surface area contributed by atoms with Crippen molar-refractivity contribution in [1.29, 1.82) is 0 Å². The zero-order chi connectivity index (χ0) is 15.5. The van der Waals surface area contributed by atoms with Gasteiger partial charge < -0.3 is 4.90 Å². The average molecular weight is 313 g/mol. The number of hydrogen-bond donors (Lipinski definition) is 0. The molecule has 7 heteroatoms. The first-order valence-corrected chi connectivity index (χ1v) is 9.03. The molecule has 118 valence electrons. The van der Waals surface area contributed by atoms with Gasteiger partial charge in [0.1, 0.15) is 0 Å². The molecule has 1 aliphatic carbocycles. The van der Waals surface area contributed by atoms with Crippen molar-refractivity contribution < 1.29 is 13.2 Å². The van der Waals surface area contributed by atoms with E-state index in [-0.39, 0.29) is 23.3 Å². The molecular weight excluding hydrogens is 290 g/mol. The van der Waals surface area contributed by atoms with Gasteiger partial charge in [-0.1, -0.05) is 12.8 Å². The van der Waals surface area contributed by atoms with Crippen molar-refractivity contribution in [2.45, 2.75) is 43.9 Å². The summed E-state index contributed by atoms with van der Waals surface area (Å²) in [4.78, 5) is 13.6. The zero-order valence-corrected chi connectivity index (χ0v) is 13.5. The largest absolute Gasteiger partial charge is 0.341 e. The lowest BCUT2D eigenvalue weighted by Crippen LogP contribution is -2.30. The molecule has 21 heavy (non-hydrogen) atoms. The van der Waals surface area contributed by atoms with Gasteiger partial charge in [-0.05, 0) is 12.8 Å². The Hall–Kier alpha value is -1.37. The molecule has 0 unspecified atom stereocenters. The summed E-state index contributed by atoms with van der Waals surface area (Å²) in [7, 11) is 0.390. The summed E-state index contributed by atoms with van der Waals surface area (Å²) in [5.41, 5.74) is 0.937. The van der Waals surface area contributed by atoms with Crippen LogP contribution in [0.3, 0.4) is 0 Å². The summed E-state index contributed by atoms with van der Waals surface area (Å²) < 4.78 is 26.0. The first kappa shape index (κ1) is 16.0. The highest BCUT2D eigenvalue weighted by molar-refractivity contribution is 7.92. The second-order valence-corrected chi connectivity index (χ2v) is 8.20. The molecule has 1 saturated carbocycles. The lowest BCUT2D eigenvalue weighted by atomic mass is 10.3. The first-order valence-electron chi connectivity index (χ1n) is 7.31. The topological polar surface area (TPSA) is 72.3 Å². The Morgan fingerprint density at radius 3 is 2.67 bits per heavy atom. The Bertz CT molecular complexity index is 588. The van der Waals surface area contributed by atoms with Crippen LogP contribution in [0.4, 0.5) is 0 Å². The van der Waals surface area contributed by atoms with Crippen LogP contribution in [-0.4, -0.2) is 47.1 Å². The highest BCUT2D eigenvalue weighted by atomic mass is 32.2. The SMILES string of the molecule is CN(Cc1cnn(C)c1)C(=O)CCS(=O)(=O)C1CCCC1. The molecule has 1 heterocycles. The fourth-order valence-electron chi connectivity index (χ4n) is 2.75. The number of nitrogens with zero attached hydrogens (tertiary/aromatic N) is 3. The molecule has 1 aliphatic rings. The van der Waals surface area contributed by atoms with Gasteiger partial charge in [-0.2, -0.15) is 5.10 Å². The van der Waals surface area contributed by atoms with Gasteiger partial charge in [0, 0.05) is 38.8 Å². The third kappa shape index (κ3) is 4.30. The van der Waals surface area contributed by atoms with Crippen LogP contribution in [0.2, 0.25) is 0 Å². The molecule has 2 rings (SSSR count). The molecule has 0 aliphatic heterocycles. The third-order valence-corrected chi connectivity index (χ3v) is 6.27. The molecule has 0 radical (unpaired) electrons. The molecule has 0 N–H and O–H groups in total. The highest BCUT2D eigenvalue weighted by Crippen LogP contribution is 2.25. The number of aryl methyl sites for hydroxylation is 1. The molecule has 1 aromatic heterocycles. The lowest BCUT2D eigenvalue weighted by Gasteiger charge is -2.17. The van der Waals surface area contributed by atoms with Crippen LogP contribution in [0.25, 0.3) is 0 Å². The first-order chi connectivity index (χ1) is 9.88. The van der Waals surface area contributed by atoms with Crippen molar-refractivity contribution >= 4 is 15.7 Å². The number of sulfone groups is 1. The molecule has 1 aromatic rings.